The van der Waals surface area contributed by atoms with Crippen molar-refractivity contribution in [3.05, 3.63) is 0 Å². The summed E-state index contributed by atoms with van der Waals surface area (Å²) < 4.78 is 49.9. The standard InChI is InChI=1S/C25H42O21/c26-1-6-11(31)14(34)22(39-6)43-17-9(4-29)42-24(16(17)36)45-19-13(33)8(3-28)41-25(19)46-20-18(10(5-30)38-21(20)37)44-23-15(35)12(32)7(2-27)40-23/h6-37H,1-5H2/t6-,7-,8-,9-,10-,11-,12-,13-,14+,15+,16+,17-,18-,19+,20+,21+,22-,23-,24+,25+/m0/s1. The third kappa shape index (κ3) is 6.94. The molecule has 5 aliphatic heterocycles. The van der Waals surface area contributed by atoms with Crippen molar-refractivity contribution >= 4 is 0 Å². The number of aliphatic hydroxyl groups excluding tert-OH is 12. The normalized spacial score (nSPS) is 52.7. The van der Waals surface area contributed by atoms with Crippen molar-refractivity contribution in [2.24, 2.45) is 0 Å². The van der Waals surface area contributed by atoms with Gasteiger partial charge in [0, 0.05) is 0 Å². The summed E-state index contributed by atoms with van der Waals surface area (Å²) in [6.07, 6.45) is -30.0. The van der Waals surface area contributed by atoms with Crippen LogP contribution in [-0.4, -0.2) is 217 Å². The average molecular weight is 679 g/mol. The molecular weight excluding hydrogens is 636 g/mol. The fourth-order valence-electron chi connectivity index (χ4n) is 5.98. The van der Waals surface area contributed by atoms with E-state index in [2.05, 4.69) is 0 Å². The van der Waals surface area contributed by atoms with E-state index in [9.17, 15) is 61.3 Å². The van der Waals surface area contributed by atoms with Crippen LogP contribution in [0.5, 0.6) is 0 Å². The second-order valence-electron chi connectivity index (χ2n) is 11.5. The maximum atomic E-state index is 11.0. The largest absolute Gasteiger partial charge is 0.394 e. The summed E-state index contributed by atoms with van der Waals surface area (Å²) in [6, 6.07) is 0. The first-order valence-corrected chi connectivity index (χ1v) is 14.7. The first kappa shape index (κ1) is 36.4. The highest BCUT2D eigenvalue weighted by Crippen LogP contribution is 2.37. The SMILES string of the molecule is OC[C@@H]1O[C@@H](O[C@@H]2[C@@H](O)[C@@H](O[C@H]3[C@@H](O[C@@H]4[C@@H](O[C@@H]5O[C@@H](CO)[C@H](O)[C@H]5O)[C@H](CO)O[C@H]4O)O[C@@H](CO)[C@@H]3O)O[C@H]2CO)[C@H](O)[C@H]1O. The maximum absolute atomic E-state index is 11.0. The zero-order chi connectivity index (χ0) is 33.4. The lowest BCUT2D eigenvalue weighted by Crippen LogP contribution is -2.49. The molecule has 20 atom stereocenters. The minimum atomic E-state index is -1.80. The van der Waals surface area contributed by atoms with Crippen LogP contribution in [0.3, 0.4) is 0 Å². The molecule has 0 aromatic carbocycles. The topological polar surface area (TPSA) is 326 Å². The lowest BCUT2D eigenvalue weighted by atomic mass is 10.1. The van der Waals surface area contributed by atoms with Crippen molar-refractivity contribution in [2.45, 2.75) is 123 Å². The van der Waals surface area contributed by atoms with E-state index in [1.54, 1.807) is 0 Å². The Balaban J connectivity index is 1.29. The Morgan fingerprint density at radius 1 is 0.326 bits per heavy atom. The number of aliphatic hydroxyl groups is 12. The van der Waals surface area contributed by atoms with Gasteiger partial charge in [-0.15, -0.1) is 0 Å². The Hall–Kier alpha value is -0.840. The Labute approximate surface area is 260 Å². The summed E-state index contributed by atoms with van der Waals surface area (Å²) in [6.45, 7) is -3.48. The second-order valence-corrected chi connectivity index (χ2v) is 11.5. The zero-order valence-corrected chi connectivity index (χ0v) is 24.1. The van der Waals surface area contributed by atoms with Crippen LogP contribution in [-0.2, 0) is 42.6 Å². The molecule has 5 saturated heterocycles. The molecule has 5 heterocycles. The van der Waals surface area contributed by atoms with Crippen LogP contribution in [0.15, 0.2) is 0 Å². The van der Waals surface area contributed by atoms with Gasteiger partial charge in [0.2, 0.25) is 0 Å². The number of hydrogen-bond acceptors (Lipinski definition) is 21. The molecule has 0 aliphatic carbocycles. The molecule has 5 rings (SSSR count). The molecule has 5 fully saturated rings. The Morgan fingerprint density at radius 3 is 1.20 bits per heavy atom. The summed E-state index contributed by atoms with van der Waals surface area (Å²) in [5, 5.41) is 121. The van der Waals surface area contributed by atoms with E-state index < -0.39 is 156 Å². The van der Waals surface area contributed by atoms with Crippen LogP contribution in [0.1, 0.15) is 0 Å². The monoisotopic (exact) mass is 678 g/mol. The van der Waals surface area contributed by atoms with Crippen LogP contribution < -0.4 is 0 Å². The minimum Gasteiger partial charge on any atom is -0.394 e. The summed E-state index contributed by atoms with van der Waals surface area (Å²) in [7, 11) is 0. The van der Waals surface area contributed by atoms with Crippen LogP contribution in [0.25, 0.3) is 0 Å². The van der Waals surface area contributed by atoms with Gasteiger partial charge in [-0.25, -0.2) is 0 Å². The van der Waals surface area contributed by atoms with E-state index >= 15 is 0 Å². The van der Waals surface area contributed by atoms with E-state index in [1.807, 2.05) is 0 Å². The Morgan fingerprint density at radius 2 is 0.696 bits per heavy atom. The first-order valence-electron chi connectivity index (χ1n) is 14.7. The average Bonchev–Trinajstić information content (AvgIpc) is 3.78. The number of rotatable bonds is 13. The van der Waals surface area contributed by atoms with Crippen molar-refractivity contribution in [1.29, 1.82) is 0 Å². The van der Waals surface area contributed by atoms with Crippen LogP contribution in [0.4, 0.5) is 0 Å². The first-order chi connectivity index (χ1) is 22.0. The zero-order valence-electron chi connectivity index (χ0n) is 24.1. The highest BCUT2D eigenvalue weighted by atomic mass is 16.8. The van der Waals surface area contributed by atoms with E-state index in [4.69, 9.17) is 42.6 Å². The summed E-state index contributed by atoms with van der Waals surface area (Å²) >= 11 is 0. The molecule has 0 amide bonds. The highest BCUT2D eigenvalue weighted by molar-refractivity contribution is 4.97. The summed E-state index contributed by atoms with van der Waals surface area (Å²) in [4.78, 5) is 0. The van der Waals surface area contributed by atoms with Gasteiger partial charge in [-0.1, -0.05) is 0 Å². The third-order valence-corrected chi connectivity index (χ3v) is 8.57. The molecule has 0 radical (unpaired) electrons. The number of hydrogen-bond donors (Lipinski definition) is 12. The van der Waals surface area contributed by atoms with Crippen molar-refractivity contribution in [3.63, 3.8) is 0 Å². The molecule has 21 nitrogen and oxygen atoms in total. The van der Waals surface area contributed by atoms with Crippen molar-refractivity contribution in [3.8, 4) is 0 Å². The molecule has 46 heavy (non-hydrogen) atoms. The fourth-order valence-corrected chi connectivity index (χ4v) is 5.98. The van der Waals surface area contributed by atoms with Gasteiger partial charge in [-0.2, -0.15) is 0 Å². The molecule has 12 N–H and O–H groups in total. The third-order valence-electron chi connectivity index (χ3n) is 8.57. The van der Waals surface area contributed by atoms with Gasteiger partial charge >= 0.3 is 0 Å². The molecule has 0 aromatic heterocycles. The van der Waals surface area contributed by atoms with Crippen LogP contribution in [0.2, 0.25) is 0 Å². The quantitative estimate of drug-likeness (QED) is 0.0860. The number of ether oxygens (including phenoxy) is 9. The van der Waals surface area contributed by atoms with Gasteiger partial charge in [-0.05, 0) is 0 Å². The Bertz CT molecular complexity index is 965. The minimum absolute atomic E-state index is 0.644. The second kappa shape index (κ2) is 15.4. The Kier molecular flexibility index (Phi) is 12.2. The summed E-state index contributed by atoms with van der Waals surface area (Å²) in [5.41, 5.74) is 0. The molecule has 21 heteroatoms. The fraction of sp³-hybridized carbons (Fsp3) is 1.00. The molecule has 0 bridgehead atoms. The predicted molar refractivity (Wildman–Crippen MR) is 136 cm³/mol. The van der Waals surface area contributed by atoms with Gasteiger partial charge in [0.05, 0.1) is 33.0 Å². The van der Waals surface area contributed by atoms with Gasteiger partial charge in [0.1, 0.15) is 91.6 Å². The lowest BCUT2D eigenvalue weighted by Gasteiger charge is -2.31. The van der Waals surface area contributed by atoms with Gasteiger partial charge < -0.3 is 104 Å². The van der Waals surface area contributed by atoms with E-state index in [0.29, 0.717) is 0 Å². The van der Waals surface area contributed by atoms with Crippen LogP contribution in [0, 0.1) is 0 Å². The molecule has 0 aromatic rings. The molecule has 5 aliphatic rings. The maximum Gasteiger partial charge on any atom is 0.187 e. The van der Waals surface area contributed by atoms with Crippen molar-refractivity contribution in [1.82, 2.24) is 0 Å². The molecule has 0 unspecified atom stereocenters. The van der Waals surface area contributed by atoms with Gasteiger partial charge in [-0.3, -0.25) is 0 Å². The van der Waals surface area contributed by atoms with Crippen LogP contribution >= 0.6 is 0 Å². The van der Waals surface area contributed by atoms with E-state index in [1.165, 1.54) is 0 Å². The molecule has 268 valence electrons. The van der Waals surface area contributed by atoms with Gasteiger partial charge in [0.25, 0.3) is 0 Å². The predicted octanol–water partition coefficient (Wildman–Crippen LogP) is -8.73. The summed E-state index contributed by atoms with van der Waals surface area (Å²) in [5.74, 6) is 0. The van der Waals surface area contributed by atoms with Gasteiger partial charge in [0.15, 0.2) is 31.5 Å². The molecule has 0 saturated carbocycles. The van der Waals surface area contributed by atoms with Crippen molar-refractivity contribution in [2.75, 3.05) is 33.0 Å². The lowest BCUT2D eigenvalue weighted by molar-refractivity contribution is -0.282. The molecular formula is C25H42O21. The smallest absolute Gasteiger partial charge is 0.187 e. The van der Waals surface area contributed by atoms with E-state index in [0.717, 1.165) is 0 Å². The van der Waals surface area contributed by atoms with Crippen molar-refractivity contribution < 1.29 is 104 Å². The molecule has 0 spiro atoms. The highest BCUT2D eigenvalue weighted by Gasteiger charge is 2.57. The van der Waals surface area contributed by atoms with E-state index in [-0.39, 0.29) is 0 Å².